The molecule has 96 valence electrons. The summed E-state index contributed by atoms with van der Waals surface area (Å²) >= 11 is 0. The first kappa shape index (κ1) is 13.1. The average Bonchev–Trinajstić information content (AvgIpc) is 2.46. The van der Waals surface area contributed by atoms with Crippen LogP contribution in [0.2, 0.25) is 0 Å². The fourth-order valence-electron chi connectivity index (χ4n) is 1.90. The van der Waals surface area contributed by atoms with Crippen LogP contribution < -0.4 is 10.5 Å². The molecule has 0 aliphatic carbocycles. The highest BCUT2D eigenvalue weighted by molar-refractivity contribution is 5.37. The Morgan fingerprint density at radius 3 is 2.79 bits per heavy atom. The molecular weight excluding hydrogens is 236 g/mol. The lowest BCUT2D eigenvalue weighted by Gasteiger charge is -2.11. The fourth-order valence-corrected chi connectivity index (χ4v) is 1.90. The van der Waals surface area contributed by atoms with Gasteiger partial charge in [-0.3, -0.25) is 0 Å². The van der Waals surface area contributed by atoms with Crippen molar-refractivity contribution < 1.29 is 4.74 Å². The SMILES string of the molecule is Cc1ccc(OCc2cccc(C#N)c2)c(CN)c1. The van der Waals surface area contributed by atoms with Gasteiger partial charge in [0.2, 0.25) is 0 Å². The van der Waals surface area contributed by atoms with Crippen LogP contribution in [0.1, 0.15) is 22.3 Å². The van der Waals surface area contributed by atoms with Gasteiger partial charge >= 0.3 is 0 Å². The minimum Gasteiger partial charge on any atom is -0.489 e. The van der Waals surface area contributed by atoms with Crippen LogP contribution in [-0.2, 0) is 13.2 Å². The second-order valence-electron chi connectivity index (χ2n) is 4.42. The molecule has 0 fully saturated rings. The molecule has 0 aliphatic rings. The number of hydrogen-bond acceptors (Lipinski definition) is 3. The lowest BCUT2D eigenvalue weighted by atomic mass is 10.1. The largest absolute Gasteiger partial charge is 0.489 e. The smallest absolute Gasteiger partial charge is 0.124 e. The summed E-state index contributed by atoms with van der Waals surface area (Å²) < 4.78 is 5.78. The number of nitrogens with two attached hydrogens (primary N) is 1. The van der Waals surface area contributed by atoms with E-state index < -0.39 is 0 Å². The zero-order valence-corrected chi connectivity index (χ0v) is 10.9. The Labute approximate surface area is 113 Å². The van der Waals surface area contributed by atoms with Gasteiger partial charge in [0.15, 0.2) is 0 Å². The number of aryl methyl sites for hydroxylation is 1. The van der Waals surface area contributed by atoms with Gasteiger partial charge in [0.05, 0.1) is 11.6 Å². The van der Waals surface area contributed by atoms with Gasteiger partial charge in [-0.25, -0.2) is 0 Å². The number of ether oxygens (including phenoxy) is 1. The molecule has 3 nitrogen and oxygen atoms in total. The Morgan fingerprint density at radius 2 is 2.05 bits per heavy atom. The monoisotopic (exact) mass is 252 g/mol. The maximum Gasteiger partial charge on any atom is 0.124 e. The van der Waals surface area contributed by atoms with Crippen LogP contribution in [0, 0.1) is 18.3 Å². The highest BCUT2D eigenvalue weighted by atomic mass is 16.5. The molecule has 19 heavy (non-hydrogen) atoms. The zero-order chi connectivity index (χ0) is 13.7. The van der Waals surface area contributed by atoms with Gasteiger partial charge in [-0.05, 0) is 30.7 Å². The highest BCUT2D eigenvalue weighted by Gasteiger charge is 2.03. The minimum absolute atomic E-state index is 0.436. The van der Waals surface area contributed by atoms with Crippen molar-refractivity contribution in [3.05, 3.63) is 64.7 Å². The van der Waals surface area contributed by atoms with Crippen LogP contribution in [0.15, 0.2) is 42.5 Å². The van der Waals surface area contributed by atoms with Crippen molar-refractivity contribution in [3.8, 4) is 11.8 Å². The van der Waals surface area contributed by atoms with E-state index in [0.29, 0.717) is 18.7 Å². The first-order chi connectivity index (χ1) is 9.22. The van der Waals surface area contributed by atoms with Crippen LogP contribution in [-0.4, -0.2) is 0 Å². The van der Waals surface area contributed by atoms with Gasteiger partial charge in [0.25, 0.3) is 0 Å². The van der Waals surface area contributed by atoms with E-state index in [0.717, 1.165) is 16.9 Å². The third-order valence-corrected chi connectivity index (χ3v) is 2.89. The molecule has 0 amide bonds. The number of nitriles is 1. The maximum absolute atomic E-state index is 8.85. The van der Waals surface area contributed by atoms with E-state index in [1.54, 1.807) is 6.07 Å². The molecule has 0 bridgehead atoms. The number of benzene rings is 2. The second kappa shape index (κ2) is 6.03. The standard InChI is InChI=1S/C16H16N2O/c1-12-5-6-16(15(7-12)10-18)19-11-14-4-2-3-13(8-14)9-17/h2-8H,10-11,18H2,1H3. The molecule has 0 aliphatic heterocycles. The van der Waals surface area contributed by atoms with Crippen molar-refractivity contribution in [2.24, 2.45) is 5.73 Å². The first-order valence-corrected chi connectivity index (χ1v) is 6.14. The van der Waals surface area contributed by atoms with E-state index >= 15 is 0 Å². The summed E-state index contributed by atoms with van der Waals surface area (Å²) in [5.41, 5.74) is 9.49. The third kappa shape index (κ3) is 3.34. The molecule has 0 aromatic heterocycles. The van der Waals surface area contributed by atoms with Gasteiger partial charge in [0, 0.05) is 12.1 Å². The van der Waals surface area contributed by atoms with E-state index in [-0.39, 0.29) is 0 Å². The molecule has 2 N–H and O–H groups in total. The Hall–Kier alpha value is -2.31. The highest BCUT2D eigenvalue weighted by Crippen LogP contribution is 2.20. The predicted octanol–water partition coefficient (Wildman–Crippen LogP) is 2.90. The Bertz CT molecular complexity index is 614. The van der Waals surface area contributed by atoms with Crippen LogP contribution >= 0.6 is 0 Å². The van der Waals surface area contributed by atoms with E-state index in [1.807, 2.05) is 43.3 Å². The lowest BCUT2D eigenvalue weighted by Crippen LogP contribution is -2.03. The molecule has 0 saturated carbocycles. The van der Waals surface area contributed by atoms with Crippen molar-refractivity contribution in [2.45, 2.75) is 20.1 Å². The van der Waals surface area contributed by atoms with Crippen molar-refractivity contribution in [1.82, 2.24) is 0 Å². The molecule has 2 rings (SSSR count). The second-order valence-corrected chi connectivity index (χ2v) is 4.42. The van der Waals surface area contributed by atoms with Crippen LogP contribution in [0.5, 0.6) is 5.75 Å². The van der Waals surface area contributed by atoms with E-state index in [1.165, 1.54) is 5.56 Å². The van der Waals surface area contributed by atoms with Crippen LogP contribution in [0.4, 0.5) is 0 Å². The summed E-state index contributed by atoms with van der Waals surface area (Å²) in [6, 6.07) is 15.5. The van der Waals surface area contributed by atoms with Gasteiger partial charge < -0.3 is 10.5 Å². The molecule has 0 radical (unpaired) electrons. The van der Waals surface area contributed by atoms with E-state index in [2.05, 4.69) is 6.07 Å². The number of rotatable bonds is 4. The number of nitrogens with zero attached hydrogens (tertiary/aromatic N) is 1. The summed E-state index contributed by atoms with van der Waals surface area (Å²) in [7, 11) is 0. The van der Waals surface area contributed by atoms with Gasteiger partial charge in [-0.2, -0.15) is 5.26 Å². The van der Waals surface area contributed by atoms with Crippen LogP contribution in [0.25, 0.3) is 0 Å². The summed E-state index contributed by atoms with van der Waals surface area (Å²) in [6.45, 7) is 2.92. The quantitative estimate of drug-likeness (QED) is 0.910. The summed E-state index contributed by atoms with van der Waals surface area (Å²) in [4.78, 5) is 0. The topological polar surface area (TPSA) is 59.0 Å². The number of hydrogen-bond donors (Lipinski definition) is 1. The Balaban J connectivity index is 2.12. The molecule has 0 spiro atoms. The van der Waals surface area contributed by atoms with E-state index in [4.69, 9.17) is 15.7 Å². The van der Waals surface area contributed by atoms with Gasteiger partial charge in [0.1, 0.15) is 12.4 Å². The zero-order valence-electron chi connectivity index (χ0n) is 10.9. The summed E-state index contributed by atoms with van der Waals surface area (Å²) in [5.74, 6) is 0.801. The Morgan fingerprint density at radius 1 is 1.21 bits per heavy atom. The molecule has 0 atom stereocenters. The molecule has 2 aromatic rings. The van der Waals surface area contributed by atoms with E-state index in [9.17, 15) is 0 Å². The first-order valence-electron chi connectivity index (χ1n) is 6.14. The third-order valence-electron chi connectivity index (χ3n) is 2.89. The van der Waals surface area contributed by atoms with Crippen molar-refractivity contribution in [2.75, 3.05) is 0 Å². The van der Waals surface area contributed by atoms with Crippen molar-refractivity contribution >= 4 is 0 Å². The van der Waals surface area contributed by atoms with Gasteiger partial charge in [-0.1, -0.05) is 29.8 Å². The van der Waals surface area contributed by atoms with Crippen LogP contribution in [0.3, 0.4) is 0 Å². The minimum atomic E-state index is 0.436. The fraction of sp³-hybridized carbons (Fsp3) is 0.188. The van der Waals surface area contributed by atoms with Gasteiger partial charge in [-0.15, -0.1) is 0 Å². The molecule has 3 heteroatoms. The van der Waals surface area contributed by atoms with Crippen molar-refractivity contribution in [3.63, 3.8) is 0 Å². The predicted molar refractivity (Wildman–Crippen MR) is 74.6 cm³/mol. The molecule has 2 aromatic carbocycles. The average molecular weight is 252 g/mol. The summed E-state index contributed by atoms with van der Waals surface area (Å²) in [6.07, 6.45) is 0. The normalized spacial score (nSPS) is 9.95. The molecule has 0 heterocycles. The molecule has 0 unspecified atom stereocenters. The molecule has 0 saturated heterocycles. The molecular formula is C16H16N2O. The maximum atomic E-state index is 8.85. The lowest BCUT2D eigenvalue weighted by molar-refractivity contribution is 0.303. The Kier molecular flexibility index (Phi) is 4.17. The van der Waals surface area contributed by atoms with Crippen molar-refractivity contribution in [1.29, 1.82) is 5.26 Å². The summed E-state index contributed by atoms with van der Waals surface area (Å²) in [5, 5.41) is 8.85.